The van der Waals surface area contributed by atoms with Crippen molar-refractivity contribution in [1.29, 1.82) is 5.26 Å². The summed E-state index contributed by atoms with van der Waals surface area (Å²) in [5, 5.41) is 8.98. The predicted molar refractivity (Wildman–Crippen MR) is 122 cm³/mol. The second-order valence-corrected chi connectivity index (χ2v) is 10.3. The van der Waals surface area contributed by atoms with Gasteiger partial charge in [0.15, 0.2) is 0 Å². The van der Waals surface area contributed by atoms with Crippen LogP contribution in [-0.2, 0) is 14.8 Å². The smallest absolute Gasteiger partial charge is 0.243 e. The summed E-state index contributed by atoms with van der Waals surface area (Å²) >= 11 is 0. The molecule has 7 nitrogen and oxygen atoms in total. The fourth-order valence-corrected chi connectivity index (χ4v) is 5.98. The molecule has 8 heteroatoms. The maximum Gasteiger partial charge on any atom is 0.243 e. The monoisotopic (exact) mass is 452 g/mol. The number of piperidine rings is 1. The summed E-state index contributed by atoms with van der Waals surface area (Å²) in [7, 11) is -3.50. The predicted octanol–water partition coefficient (Wildman–Crippen LogP) is 2.70. The lowest BCUT2D eigenvalue weighted by atomic mass is 9.96. The highest BCUT2D eigenvalue weighted by Gasteiger charge is 2.34. The number of anilines is 1. The standard InChI is InChI=1S/C24H28N4O3S/c25-19-20-7-9-22(10-8-20)26-13-4-14-27(18-17-26)24(29)21-11-15-28(16-12-21)32(30,31)23-5-2-1-3-6-23/h1-3,5-10,21H,4,11-18H2. The van der Waals surface area contributed by atoms with Gasteiger partial charge in [0.1, 0.15) is 0 Å². The molecule has 0 aliphatic carbocycles. The summed E-state index contributed by atoms with van der Waals surface area (Å²) in [6, 6.07) is 18.2. The van der Waals surface area contributed by atoms with Crippen LogP contribution < -0.4 is 4.90 Å². The van der Waals surface area contributed by atoms with Crippen LogP contribution in [0.4, 0.5) is 5.69 Å². The lowest BCUT2D eigenvalue weighted by Crippen LogP contribution is -2.45. The Labute approximate surface area is 189 Å². The molecule has 0 spiro atoms. The van der Waals surface area contributed by atoms with E-state index in [1.54, 1.807) is 30.3 Å². The van der Waals surface area contributed by atoms with Crippen LogP contribution >= 0.6 is 0 Å². The zero-order chi connectivity index (χ0) is 22.6. The van der Waals surface area contributed by atoms with Gasteiger partial charge < -0.3 is 9.80 Å². The number of benzene rings is 2. The number of amides is 1. The van der Waals surface area contributed by atoms with Crippen molar-refractivity contribution in [2.75, 3.05) is 44.2 Å². The van der Waals surface area contributed by atoms with E-state index in [-0.39, 0.29) is 11.8 Å². The number of nitriles is 1. The maximum atomic E-state index is 13.2. The summed E-state index contributed by atoms with van der Waals surface area (Å²) in [5.41, 5.74) is 1.71. The zero-order valence-electron chi connectivity index (χ0n) is 18.1. The minimum Gasteiger partial charge on any atom is -0.370 e. The first kappa shape index (κ1) is 22.3. The van der Waals surface area contributed by atoms with Crippen LogP contribution in [0.2, 0.25) is 0 Å². The third kappa shape index (κ3) is 4.79. The second kappa shape index (κ2) is 9.72. The van der Waals surface area contributed by atoms with Gasteiger partial charge >= 0.3 is 0 Å². The van der Waals surface area contributed by atoms with Crippen molar-refractivity contribution in [3.8, 4) is 6.07 Å². The molecule has 2 aromatic rings. The van der Waals surface area contributed by atoms with Crippen LogP contribution in [0.1, 0.15) is 24.8 Å². The molecule has 0 atom stereocenters. The maximum absolute atomic E-state index is 13.2. The Kier molecular flexibility index (Phi) is 6.77. The molecule has 0 saturated carbocycles. The molecular weight excluding hydrogens is 424 g/mol. The van der Waals surface area contributed by atoms with Crippen LogP contribution in [0.25, 0.3) is 0 Å². The molecule has 2 heterocycles. The molecule has 4 rings (SSSR count). The van der Waals surface area contributed by atoms with Crippen molar-refractivity contribution in [3.63, 3.8) is 0 Å². The Morgan fingerprint density at radius 3 is 2.22 bits per heavy atom. The number of sulfonamides is 1. The fraction of sp³-hybridized carbons (Fsp3) is 0.417. The Morgan fingerprint density at radius 2 is 1.56 bits per heavy atom. The topological polar surface area (TPSA) is 84.7 Å². The molecule has 2 aliphatic rings. The van der Waals surface area contributed by atoms with E-state index in [1.807, 2.05) is 29.2 Å². The first-order valence-corrected chi connectivity index (χ1v) is 12.5. The van der Waals surface area contributed by atoms with Gasteiger partial charge in [-0.1, -0.05) is 18.2 Å². The average Bonchev–Trinajstić information content (AvgIpc) is 3.11. The minimum absolute atomic E-state index is 0.126. The summed E-state index contributed by atoms with van der Waals surface area (Å²) in [6.07, 6.45) is 1.99. The van der Waals surface area contributed by atoms with E-state index in [1.165, 1.54) is 4.31 Å². The van der Waals surface area contributed by atoms with Crippen LogP contribution in [-0.4, -0.2) is 62.8 Å². The van der Waals surface area contributed by atoms with Gasteiger partial charge in [-0.25, -0.2) is 8.42 Å². The normalized spacial score (nSPS) is 18.7. The van der Waals surface area contributed by atoms with Gasteiger partial charge in [-0.15, -0.1) is 0 Å². The van der Waals surface area contributed by atoms with Gasteiger partial charge in [-0.2, -0.15) is 9.57 Å². The number of carbonyl (C=O) groups excluding carboxylic acids is 1. The molecule has 2 fully saturated rings. The van der Waals surface area contributed by atoms with Gasteiger partial charge in [0.05, 0.1) is 16.5 Å². The summed E-state index contributed by atoms with van der Waals surface area (Å²) in [5.74, 6) is 0.0159. The molecule has 0 unspecified atom stereocenters. The molecule has 2 aliphatic heterocycles. The van der Waals surface area contributed by atoms with Crippen molar-refractivity contribution in [2.24, 2.45) is 5.92 Å². The van der Waals surface area contributed by atoms with Crippen LogP contribution in [0.3, 0.4) is 0 Å². The van der Waals surface area contributed by atoms with Gasteiger partial charge in [-0.3, -0.25) is 4.79 Å². The van der Waals surface area contributed by atoms with Crippen molar-refractivity contribution in [1.82, 2.24) is 9.21 Å². The number of hydrogen-bond donors (Lipinski definition) is 0. The molecular formula is C24H28N4O3S. The van der Waals surface area contributed by atoms with E-state index in [9.17, 15) is 13.2 Å². The largest absolute Gasteiger partial charge is 0.370 e. The number of carbonyl (C=O) groups is 1. The molecule has 168 valence electrons. The van der Waals surface area contributed by atoms with E-state index in [4.69, 9.17) is 5.26 Å². The highest BCUT2D eigenvalue weighted by atomic mass is 32.2. The van der Waals surface area contributed by atoms with E-state index in [0.717, 1.165) is 25.2 Å². The Balaban J connectivity index is 1.33. The third-order valence-electron chi connectivity index (χ3n) is 6.35. The average molecular weight is 453 g/mol. The minimum atomic E-state index is -3.50. The molecule has 2 aromatic carbocycles. The van der Waals surface area contributed by atoms with Crippen LogP contribution in [0.5, 0.6) is 0 Å². The van der Waals surface area contributed by atoms with E-state index < -0.39 is 10.0 Å². The van der Waals surface area contributed by atoms with Crippen molar-refractivity contribution < 1.29 is 13.2 Å². The number of nitrogens with zero attached hydrogens (tertiary/aromatic N) is 4. The molecule has 0 N–H and O–H groups in total. The van der Waals surface area contributed by atoms with Gasteiger partial charge in [-0.05, 0) is 55.7 Å². The van der Waals surface area contributed by atoms with Crippen molar-refractivity contribution in [3.05, 3.63) is 60.2 Å². The second-order valence-electron chi connectivity index (χ2n) is 8.32. The van der Waals surface area contributed by atoms with Crippen molar-refractivity contribution >= 4 is 21.6 Å². The molecule has 1 amide bonds. The van der Waals surface area contributed by atoms with E-state index >= 15 is 0 Å². The molecule has 0 radical (unpaired) electrons. The first-order chi connectivity index (χ1) is 15.5. The first-order valence-electron chi connectivity index (χ1n) is 11.1. The SMILES string of the molecule is N#Cc1ccc(N2CCCN(C(=O)C3CCN(S(=O)(=O)c4ccccc4)CC3)CC2)cc1. The molecule has 2 saturated heterocycles. The quantitative estimate of drug-likeness (QED) is 0.712. The highest BCUT2D eigenvalue weighted by molar-refractivity contribution is 7.89. The van der Waals surface area contributed by atoms with Crippen LogP contribution in [0.15, 0.2) is 59.5 Å². The highest BCUT2D eigenvalue weighted by Crippen LogP contribution is 2.26. The molecule has 0 bridgehead atoms. The molecule has 0 aromatic heterocycles. The number of rotatable bonds is 4. The van der Waals surface area contributed by atoms with Crippen molar-refractivity contribution in [2.45, 2.75) is 24.2 Å². The summed E-state index contributed by atoms with van der Waals surface area (Å²) in [4.78, 5) is 17.7. The zero-order valence-corrected chi connectivity index (χ0v) is 18.9. The van der Waals surface area contributed by atoms with E-state index in [2.05, 4.69) is 11.0 Å². The lowest BCUT2D eigenvalue weighted by Gasteiger charge is -2.33. The Hall–Kier alpha value is -2.89. The lowest BCUT2D eigenvalue weighted by molar-refractivity contribution is -0.136. The van der Waals surface area contributed by atoms with E-state index in [0.29, 0.717) is 49.5 Å². The third-order valence-corrected chi connectivity index (χ3v) is 8.27. The van der Waals surface area contributed by atoms with Gasteiger partial charge in [0, 0.05) is 50.9 Å². The van der Waals surface area contributed by atoms with Gasteiger partial charge in [0.2, 0.25) is 15.9 Å². The van der Waals surface area contributed by atoms with Gasteiger partial charge in [0.25, 0.3) is 0 Å². The number of hydrogen-bond acceptors (Lipinski definition) is 5. The van der Waals surface area contributed by atoms with Crippen LogP contribution in [0, 0.1) is 17.2 Å². The summed E-state index contributed by atoms with van der Waals surface area (Å²) in [6.45, 7) is 3.73. The fourth-order valence-electron chi connectivity index (χ4n) is 4.49. The Morgan fingerprint density at radius 1 is 0.875 bits per heavy atom. The Bertz CT molecular complexity index is 1070. The molecule has 32 heavy (non-hydrogen) atoms. The summed E-state index contributed by atoms with van der Waals surface area (Å²) < 4.78 is 27.2.